The Balaban J connectivity index is 2.40. The van der Waals surface area contributed by atoms with Gasteiger partial charge < -0.3 is 9.67 Å². The zero-order chi connectivity index (χ0) is 15.2. The van der Waals surface area contributed by atoms with Crippen LogP contribution in [0, 0.1) is 0 Å². The molecule has 1 aromatic carbocycles. The summed E-state index contributed by atoms with van der Waals surface area (Å²) in [5, 5.41) is 9.14. The van der Waals surface area contributed by atoms with Gasteiger partial charge in [-0.2, -0.15) is 0 Å². The molecule has 116 valence electrons. The van der Waals surface area contributed by atoms with Crippen molar-refractivity contribution in [2.45, 2.75) is 46.7 Å². The van der Waals surface area contributed by atoms with Crippen molar-refractivity contribution >= 4 is 11.0 Å². The summed E-state index contributed by atoms with van der Waals surface area (Å²) >= 11 is 0. The smallest absolute Gasteiger partial charge is 0.124 e. The maximum absolute atomic E-state index is 9.14. The van der Waals surface area contributed by atoms with Crippen LogP contribution in [0.4, 0.5) is 0 Å². The van der Waals surface area contributed by atoms with Gasteiger partial charge in [-0.15, -0.1) is 0 Å². The Bertz CT molecular complexity index is 573. The summed E-state index contributed by atoms with van der Waals surface area (Å²) in [6, 6.07) is 6.54. The molecular formula is C17H27N3O. The number of imidazole rings is 1. The summed E-state index contributed by atoms with van der Waals surface area (Å²) in [7, 11) is 0. The lowest BCUT2D eigenvalue weighted by atomic mass is 10.1. The molecule has 1 N–H and O–H groups in total. The molecule has 1 aromatic heterocycles. The third-order valence-corrected chi connectivity index (χ3v) is 4.10. The Hall–Kier alpha value is -1.39. The summed E-state index contributed by atoms with van der Waals surface area (Å²) in [4.78, 5) is 7.22. The van der Waals surface area contributed by atoms with E-state index in [0.29, 0.717) is 0 Å². The Kier molecular flexibility index (Phi) is 5.76. The molecule has 0 saturated carbocycles. The van der Waals surface area contributed by atoms with Gasteiger partial charge in [-0.25, -0.2) is 4.98 Å². The fraction of sp³-hybridized carbons (Fsp3) is 0.588. The van der Waals surface area contributed by atoms with E-state index in [4.69, 9.17) is 10.1 Å². The van der Waals surface area contributed by atoms with E-state index < -0.39 is 0 Å². The molecule has 2 rings (SSSR count). The second-order valence-corrected chi connectivity index (χ2v) is 5.39. The first kappa shape index (κ1) is 16.0. The first-order valence-electron chi connectivity index (χ1n) is 8.04. The molecular weight excluding hydrogens is 262 g/mol. The lowest BCUT2D eigenvalue weighted by molar-refractivity contribution is 0.269. The van der Waals surface area contributed by atoms with Gasteiger partial charge >= 0.3 is 0 Å². The highest BCUT2D eigenvalue weighted by molar-refractivity contribution is 5.77. The monoisotopic (exact) mass is 289 g/mol. The van der Waals surface area contributed by atoms with Gasteiger partial charge in [0.05, 0.1) is 17.6 Å². The van der Waals surface area contributed by atoms with Crippen LogP contribution < -0.4 is 0 Å². The normalized spacial score (nSPS) is 11.7. The van der Waals surface area contributed by atoms with Crippen molar-refractivity contribution in [3.63, 3.8) is 0 Å². The van der Waals surface area contributed by atoms with Gasteiger partial charge in [-0.1, -0.05) is 26.8 Å². The number of benzene rings is 1. The van der Waals surface area contributed by atoms with Gasteiger partial charge in [-0.3, -0.25) is 4.90 Å². The zero-order valence-corrected chi connectivity index (χ0v) is 13.5. The van der Waals surface area contributed by atoms with Gasteiger partial charge in [0.15, 0.2) is 0 Å². The Labute approximate surface area is 127 Å². The third kappa shape index (κ3) is 3.63. The molecule has 0 aliphatic carbocycles. The van der Waals surface area contributed by atoms with E-state index >= 15 is 0 Å². The second-order valence-electron chi connectivity index (χ2n) is 5.39. The minimum absolute atomic E-state index is 0.220. The highest BCUT2D eigenvalue weighted by Crippen LogP contribution is 2.20. The van der Waals surface area contributed by atoms with Gasteiger partial charge in [0.1, 0.15) is 5.82 Å². The first-order chi connectivity index (χ1) is 10.2. The molecule has 21 heavy (non-hydrogen) atoms. The van der Waals surface area contributed by atoms with Gasteiger partial charge in [0.2, 0.25) is 0 Å². The van der Waals surface area contributed by atoms with Crippen LogP contribution in [0.5, 0.6) is 0 Å². The molecule has 0 unspecified atom stereocenters. The van der Waals surface area contributed by atoms with Gasteiger partial charge in [0.25, 0.3) is 0 Å². The maximum Gasteiger partial charge on any atom is 0.124 e. The molecule has 0 atom stereocenters. The number of hydrogen-bond donors (Lipinski definition) is 1. The first-order valence-corrected chi connectivity index (χ1v) is 8.04. The molecule has 2 aromatic rings. The van der Waals surface area contributed by atoms with Gasteiger partial charge in [-0.05, 0) is 43.6 Å². The molecule has 4 heteroatoms. The van der Waals surface area contributed by atoms with Crippen LogP contribution in [-0.2, 0) is 19.5 Å². The number of aryl methyl sites for hydroxylation is 2. The van der Waals surface area contributed by atoms with Crippen molar-refractivity contribution in [2.75, 3.05) is 19.7 Å². The molecule has 0 aliphatic rings. The number of fused-ring (bicyclic) bond motifs is 1. The molecule has 0 bridgehead atoms. The lowest BCUT2D eigenvalue weighted by Gasteiger charge is -2.18. The number of aliphatic hydroxyl groups is 1. The number of rotatable bonds is 8. The van der Waals surface area contributed by atoms with Crippen LogP contribution in [0.25, 0.3) is 11.0 Å². The molecule has 4 nitrogen and oxygen atoms in total. The third-order valence-electron chi connectivity index (χ3n) is 4.10. The summed E-state index contributed by atoms with van der Waals surface area (Å²) in [5.41, 5.74) is 3.58. The van der Waals surface area contributed by atoms with E-state index in [1.807, 2.05) is 0 Å². The van der Waals surface area contributed by atoms with Crippen LogP contribution in [0.15, 0.2) is 18.2 Å². The quantitative estimate of drug-likeness (QED) is 0.812. The van der Waals surface area contributed by atoms with Crippen molar-refractivity contribution in [2.24, 2.45) is 0 Å². The van der Waals surface area contributed by atoms with Crippen molar-refractivity contribution < 1.29 is 5.11 Å². The number of hydrogen-bond acceptors (Lipinski definition) is 3. The SMILES string of the molecule is CCc1ccc2c(c1)nc(CN(CC)CC)n2CCCO. The van der Waals surface area contributed by atoms with E-state index in [-0.39, 0.29) is 6.61 Å². The minimum Gasteiger partial charge on any atom is -0.396 e. The summed E-state index contributed by atoms with van der Waals surface area (Å²) < 4.78 is 2.27. The van der Waals surface area contributed by atoms with E-state index in [1.54, 1.807) is 0 Å². The van der Waals surface area contributed by atoms with Crippen LogP contribution in [-0.4, -0.2) is 39.3 Å². The Morgan fingerprint density at radius 2 is 1.95 bits per heavy atom. The van der Waals surface area contributed by atoms with E-state index in [1.165, 1.54) is 11.1 Å². The fourth-order valence-corrected chi connectivity index (χ4v) is 2.69. The average Bonchev–Trinajstić information content (AvgIpc) is 2.86. The van der Waals surface area contributed by atoms with Crippen molar-refractivity contribution in [3.05, 3.63) is 29.6 Å². The summed E-state index contributed by atoms with van der Waals surface area (Å²) in [6.45, 7) is 10.5. The largest absolute Gasteiger partial charge is 0.396 e. The number of nitrogens with zero attached hydrogens (tertiary/aromatic N) is 3. The topological polar surface area (TPSA) is 41.3 Å². The fourth-order valence-electron chi connectivity index (χ4n) is 2.69. The molecule has 0 amide bonds. The van der Waals surface area contributed by atoms with Crippen LogP contribution in [0.2, 0.25) is 0 Å². The van der Waals surface area contributed by atoms with Gasteiger partial charge in [0, 0.05) is 13.2 Å². The van der Waals surface area contributed by atoms with E-state index in [0.717, 1.165) is 50.4 Å². The Morgan fingerprint density at radius 3 is 2.57 bits per heavy atom. The van der Waals surface area contributed by atoms with E-state index in [9.17, 15) is 0 Å². The summed E-state index contributed by atoms with van der Waals surface area (Å²) in [6.07, 6.45) is 1.80. The number of aliphatic hydroxyl groups excluding tert-OH is 1. The molecule has 0 saturated heterocycles. The molecule has 0 aliphatic heterocycles. The lowest BCUT2D eigenvalue weighted by Crippen LogP contribution is -2.24. The minimum atomic E-state index is 0.220. The van der Waals surface area contributed by atoms with E-state index in [2.05, 4.69) is 48.4 Å². The maximum atomic E-state index is 9.14. The van der Waals surface area contributed by atoms with Crippen molar-refractivity contribution in [3.8, 4) is 0 Å². The van der Waals surface area contributed by atoms with Crippen LogP contribution >= 0.6 is 0 Å². The molecule has 0 spiro atoms. The molecule has 1 heterocycles. The predicted molar refractivity (Wildman–Crippen MR) is 87.4 cm³/mol. The zero-order valence-electron chi connectivity index (χ0n) is 13.5. The standard InChI is InChI=1S/C17H27N3O/c1-4-14-8-9-16-15(12-14)18-17(13-19(5-2)6-3)20(16)10-7-11-21/h8-9,12,21H,4-7,10-11,13H2,1-3H3. The van der Waals surface area contributed by atoms with Crippen molar-refractivity contribution in [1.82, 2.24) is 14.5 Å². The Morgan fingerprint density at radius 1 is 1.19 bits per heavy atom. The highest BCUT2D eigenvalue weighted by Gasteiger charge is 2.13. The number of aromatic nitrogens is 2. The van der Waals surface area contributed by atoms with Crippen LogP contribution in [0.1, 0.15) is 38.6 Å². The molecule has 0 fully saturated rings. The molecule has 0 radical (unpaired) electrons. The second kappa shape index (κ2) is 7.57. The predicted octanol–water partition coefficient (Wildman–Crippen LogP) is 2.82. The average molecular weight is 289 g/mol. The summed E-state index contributed by atoms with van der Waals surface area (Å²) in [5.74, 6) is 1.11. The van der Waals surface area contributed by atoms with Crippen molar-refractivity contribution in [1.29, 1.82) is 0 Å². The van der Waals surface area contributed by atoms with Crippen LogP contribution in [0.3, 0.4) is 0 Å². The highest BCUT2D eigenvalue weighted by atomic mass is 16.3.